The van der Waals surface area contributed by atoms with Crippen LogP contribution in [0.15, 0.2) is 0 Å². The minimum absolute atomic E-state index is 0.0932. The van der Waals surface area contributed by atoms with Crippen molar-refractivity contribution in [2.75, 3.05) is 33.3 Å². The summed E-state index contributed by atoms with van der Waals surface area (Å²) in [6, 6.07) is 0. The molecular formula is C12H26F2N2O. The summed E-state index contributed by atoms with van der Waals surface area (Å²) in [6.45, 7) is 5.39. The SMILES string of the molecule is CCNC(CC)(CO)CCCN(C)CC(F)F. The Morgan fingerprint density at radius 1 is 1.35 bits per heavy atom. The van der Waals surface area contributed by atoms with Gasteiger partial charge in [0.15, 0.2) is 0 Å². The number of hydrogen-bond acceptors (Lipinski definition) is 3. The molecule has 0 spiro atoms. The summed E-state index contributed by atoms with van der Waals surface area (Å²) in [5.41, 5.74) is -0.250. The third-order valence-electron chi connectivity index (χ3n) is 3.18. The van der Waals surface area contributed by atoms with Gasteiger partial charge in [0.25, 0.3) is 6.43 Å². The van der Waals surface area contributed by atoms with Crippen molar-refractivity contribution in [3.63, 3.8) is 0 Å². The highest BCUT2D eigenvalue weighted by atomic mass is 19.3. The Balaban J connectivity index is 3.97. The molecule has 0 rings (SSSR count). The van der Waals surface area contributed by atoms with Gasteiger partial charge in [-0.1, -0.05) is 13.8 Å². The van der Waals surface area contributed by atoms with Crippen molar-refractivity contribution in [3.8, 4) is 0 Å². The fourth-order valence-electron chi connectivity index (χ4n) is 2.03. The average molecular weight is 252 g/mol. The number of hydrogen-bond donors (Lipinski definition) is 2. The Labute approximate surface area is 103 Å². The molecule has 0 fully saturated rings. The molecule has 0 bridgehead atoms. The van der Waals surface area contributed by atoms with Crippen molar-refractivity contribution >= 4 is 0 Å². The molecule has 0 aliphatic rings. The quantitative estimate of drug-likeness (QED) is 0.621. The van der Waals surface area contributed by atoms with Crippen LogP contribution in [0.2, 0.25) is 0 Å². The van der Waals surface area contributed by atoms with Crippen LogP contribution >= 0.6 is 0 Å². The van der Waals surface area contributed by atoms with Gasteiger partial charge < -0.3 is 15.3 Å². The van der Waals surface area contributed by atoms with E-state index < -0.39 is 6.43 Å². The maximum atomic E-state index is 12.1. The van der Waals surface area contributed by atoms with E-state index in [0.717, 1.165) is 25.8 Å². The van der Waals surface area contributed by atoms with E-state index in [-0.39, 0.29) is 18.7 Å². The van der Waals surface area contributed by atoms with Crippen molar-refractivity contribution in [1.82, 2.24) is 10.2 Å². The lowest BCUT2D eigenvalue weighted by Gasteiger charge is -2.32. The Bertz CT molecular complexity index is 187. The van der Waals surface area contributed by atoms with E-state index in [1.165, 1.54) is 0 Å². The molecule has 1 atom stereocenters. The van der Waals surface area contributed by atoms with Crippen LogP contribution < -0.4 is 5.32 Å². The third-order valence-corrected chi connectivity index (χ3v) is 3.18. The number of halogens is 2. The minimum Gasteiger partial charge on any atom is -0.394 e. The smallest absolute Gasteiger partial charge is 0.251 e. The molecule has 0 radical (unpaired) electrons. The summed E-state index contributed by atoms with van der Waals surface area (Å²) in [5, 5.41) is 12.7. The van der Waals surface area contributed by atoms with Gasteiger partial charge in [-0.15, -0.1) is 0 Å². The summed E-state index contributed by atoms with van der Waals surface area (Å²) >= 11 is 0. The summed E-state index contributed by atoms with van der Waals surface area (Å²) in [5.74, 6) is 0. The maximum Gasteiger partial charge on any atom is 0.251 e. The zero-order chi connectivity index (χ0) is 13.3. The van der Waals surface area contributed by atoms with E-state index in [0.29, 0.717) is 6.54 Å². The zero-order valence-corrected chi connectivity index (χ0v) is 11.2. The first kappa shape index (κ1) is 16.7. The van der Waals surface area contributed by atoms with E-state index in [4.69, 9.17) is 0 Å². The number of aliphatic hydroxyl groups is 1. The van der Waals surface area contributed by atoms with Gasteiger partial charge >= 0.3 is 0 Å². The largest absolute Gasteiger partial charge is 0.394 e. The summed E-state index contributed by atoms with van der Waals surface area (Å²) in [4.78, 5) is 1.63. The molecule has 0 aromatic rings. The highest BCUT2D eigenvalue weighted by Gasteiger charge is 2.25. The average Bonchev–Trinajstić information content (AvgIpc) is 2.27. The second-order valence-corrected chi connectivity index (χ2v) is 4.58. The van der Waals surface area contributed by atoms with Crippen LogP contribution in [0.3, 0.4) is 0 Å². The van der Waals surface area contributed by atoms with Gasteiger partial charge in [-0.25, -0.2) is 8.78 Å². The second-order valence-electron chi connectivity index (χ2n) is 4.58. The molecule has 0 heterocycles. The monoisotopic (exact) mass is 252 g/mol. The highest BCUT2D eigenvalue weighted by Crippen LogP contribution is 2.17. The molecule has 0 saturated heterocycles. The third kappa shape index (κ3) is 6.91. The van der Waals surface area contributed by atoms with Gasteiger partial charge in [-0.2, -0.15) is 0 Å². The molecule has 3 nitrogen and oxygen atoms in total. The zero-order valence-electron chi connectivity index (χ0n) is 11.2. The predicted molar refractivity (Wildman–Crippen MR) is 66.5 cm³/mol. The second kappa shape index (κ2) is 8.78. The Hall–Kier alpha value is -0.260. The van der Waals surface area contributed by atoms with E-state index >= 15 is 0 Å². The van der Waals surface area contributed by atoms with Crippen LogP contribution in [0.25, 0.3) is 0 Å². The first-order chi connectivity index (χ1) is 7.99. The van der Waals surface area contributed by atoms with Crippen molar-refractivity contribution in [3.05, 3.63) is 0 Å². The van der Waals surface area contributed by atoms with Crippen LogP contribution in [0, 0.1) is 0 Å². The molecule has 2 N–H and O–H groups in total. The van der Waals surface area contributed by atoms with Crippen molar-refractivity contribution in [1.29, 1.82) is 0 Å². The number of nitrogens with zero attached hydrogens (tertiary/aromatic N) is 1. The molecule has 0 aliphatic carbocycles. The maximum absolute atomic E-state index is 12.1. The molecule has 0 aromatic carbocycles. The molecule has 0 aromatic heterocycles. The molecule has 17 heavy (non-hydrogen) atoms. The van der Waals surface area contributed by atoms with Gasteiger partial charge in [0.05, 0.1) is 13.2 Å². The number of rotatable bonds is 10. The van der Waals surface area contributed by atoms with Crippen LogP contribution in [0.4, 0.5) is 8.78 Å². The lowest BCUT2D eigenvalue weighted by atomic mass is 9.91. The van der Waals surface area contributed by atoms with Gasteiger partial charge in [-0.05, 0) is 39.4 Å². The first-order valence-electron chi connectivity index (χ1n) is 6.32. The number of aliphatic hydroxyl groups excluding tert-OH is 1. The fourth-order valence-corrected chi connectivity index (χ4v) is 2.03. The van der Waals surface area contributed by atoms with E-state index in [1.54, 1.807) is 11.9 Å². The molecule has 0 saturated carbocycles. The number of likely N-dealkylation sites (N-methyl/N-ethyl adjacent to an activating group) is 1. The molecule has 104 valence electrons. The van der Waals surface area contributed by atoms with Crippen LogP contribution in [-0.2, 0) is 0 Å². The van der Waals surface area contributed by atoms with Crippen molar-refractivity contribution in [2.45, 2.75) is 45.1 Å². The molecular weight excluding hydrogens is 226 g/mol. The standard InChI is InChI=1S/C12H26F2N2O/c1-4-12(10-17,15-5-2)7-6-8-16(3)9-11(13)14/h11,15,17H,4-10H2,1-3H3. The van der Waals surface area contributed by atoms with Gasteiger partial charge in [-0.3, -0.25) is 0 Å². The van der Waals surface area contributed by atoms with E-state index in [1.807, 2.05) is 13.8 Å². The lowest BCUT2D eigenvalue weighted by molar-refractivity contribution is 0.0949. The number of alkyl halides is 2. The van der Waals surface area contributed by atoms with Crippen molar-refractivity contribution in [2.24, 2.45) is 0 Å². The van der Waals surface area contributed by atoms with Crippen molar-refractivity contribution < 1.29 is 13.9 Å². The first-order valence-corrected chi connectivity index (χ1v) is 6.32. The van der Waals surface area contributed by atoms with Gasteiger partial charge in [0, 0.05) is 5.54 Å². The van der Waals surface area contributed by atoms with Crippen LogP contribution in [0.1, 0.15) is 33.1 Å². The van der Waals surface area contributed by atoms with Gasteiger partial charge in [0.1, 0.15) is 0 Å². The molecule has 1 unspecified atom stereocenters. The Morgan fingerprint density at radius 3 is 2.41 bits per heavy atom. The molecule has 5 heteroatoms. The molecule has 0 aliphatic heterocycles. The lowest BCUT2D eigenvalue weighted by Crippen LogP contribution is -2.48. The Kier molecular flexibility index (Phi) is 8.64. The summed E-state index contributed by atoms with van der Waals surface area (Å²) in [6.07, 6.45) is 0.185. The van der Waals surface area contributed by atoms with Crippen LogP contribution in [-0.4, -0.2) is 55.3 Å². The predicted octanol–water partition coefficient (Wildman–Crippen LogP) is 1.71. The fraction of sp³-hybridized carbons (Fsp3) is 1.00. The number of nitrogens with one attached hydrogen (secondary N) is 1. The highest BCUT2D eigenvalue weighted by molar-refractivity contribution is 4.85. The summed E-state index contributed by atoms with van der Waals surface area (Å²) < 4.78 is 24.2. The van der Waals surface area contributed by atoms with E-state index in [9.17, 15) is 13.9 Å². The Morgan fingerprint density at radius 2 is 2.00 bits per heavy atom. The summed E-state index contributed by atoms with van der Waals surface area (Å²) in [7, 11) is 1.70. The normalized spacial score (nSPS) is 15.5. The van der Waals surface area contributed by atoms with E-state index in [2.05, 4.69) is 5.32 Å². The van der Waals surface area contributed by atoms with Crippen LogP contribution in [0.5, 0.6) is 0 Å². The molecule has 0 amide bonds. The topological polar surface area (TPSA) is 35.5 Å². The minimum atomic E-state index is -2.28. The van der Waals surface area contributed by atoms with Gasteiger partial charge in [0.2, 0.25) is 0 Å².